The molecule has 0 fully saturated rings. The summed E-state index contributed by atoms with van der Waals surface area (Å²) in [6.45, 7) is 3.37. The van der Waals surface area contributed by atoms with E-state index < -0.39 is 11.5 Å². The van der Waals surface area contributed by atoms with E-state index in [2.05, 4.69) is 15.6 Å². The lowest BCUT2D eigenvalue weighted by molar-refractivity contribution is 0.0947. The molecule has 8 heteroatoms. The quantitative estimate of drug-likeness (QED) is 0.532. The Bertz CT molecular complexity index is 1220. The minimum atomic E-state index is -0.649. The van der Waals surface area contributed by atoms with Gasteiger partial charge in [-0.3, -0.25) is 9.59 Å². The lowest BCUT2D eigenvalue weighted by atomic mass is 10.1. The molecule has 0 atom stereocenters. The van der Waals surface area contributed by atoms with E-state index >= 15 is 0 Å². The minimum Gasteiger partial charge on any atom is -0.266 e. The van der Waals surface area contributed by atoms with Gasteiger partial charge in [-0.15, -0.1) is 0 Å². The van der Waals surface area contributed by atoms with Crippen molar-refractivity contribution in [2.24, 2.45) is 5.10 Å². The van der Waals surface area contributed by atoms with E-state index in [0.29, 0.717) is 16.3 Å². The molecule has 1 amide bonds. The summed E-state index contributed by atoms with van der Waals surface area (Å²) in [5, 5.41) is 18.0. The van der Waals surface area contributed by atoms with Crippen molar-refractivity contribution >= 4 is 23.7 Å². The molecule has 7 nitrogen and oxygen atoms in total. The molecule has 0 saturated heterocycles. The summed E-state index contributed by atoms with van der Waals surface area (Å²) >= 11 is 6.05. The summed E-state index contributed by atoms with van der Waals surface area (Å²) in [4.78, 5) is 25.3. The van der Waals surface area contributed by atoms with Crippen molar-refractivity contribution in [2.75, 3.05) is 0 Å². The number of hydrogen-bond acceptors (Lipinski definition) is 5. The molecular formula is C21H16ClN5O2. The standard InChI is InChI=1S/C21H16ClN5O2/c1-13-6-5-8-16(10-13)27-21(29)17(11-23)14(2)19(26-27)20(28)25-24-12-15-7-3-4-9-18(15)22/h3-10,12H,1-2H3,(H,25,28)/b24-12+. The molecule has 2 aromatic carbocycles. The van der Waals surface area contributed by atoms with Crippen LogP contribution in [0.25, 0.3) is 5.69 Å². The Balaban J connectivity index is 1.99. The van der Waals surface area contributed by atoms with Gasteiger partial charge in [-0.05, 0) is 37.6 Å². The topological polar surface area (TPSA) is 100 Å². The maximum Gasteiger partial charge on any atom is 0.292 e. The van der Waals surface area contributed by atoms with Gasteiger partial charge in [-0.1, -0.05) is 41.9 Å². The molecule has 0 bridgehead atoms. The molecule has 0 aliphatic heterocycles. The van der Waals surface area contributed by atoms with E-state index in [0.717, 1.165) is 10.2 Å². The van der Waals surface area contributed by atoms with E-state index in [1.807, 2.05) is 19.1 Å². The number of halogens is 1. The summed E-state index contributed by atoms with van der Waals surface area (Å²) < 4.78 is 1.05. The highest BCUT2D eigenvalue weighted by molar-refractivity contribution is 6.33. The van der Waals surface area contributed by atoms with Crippen molar-refractivity contribution in [3.8, 4) is 11.8 Å². The number of hydrazone groups is 1. The number of nitrogens with zero attached hydrogens (tertiary/aromatic N) is 4. The van der Waals surface area contributed by atoms with Crippen molar-refractivity contribution in [3.05, 3.63) is 91.9 Å². The zero-order valence-electron chi connectivity index (χ0n) is 15.7. The van der Waals surface area contributed by atoms with Crippen LogP contribution in [0.5, 0.6) is 0 Å². The molecule has 0 aliphatic rings. The van der Waals surface area contributed by atoms with E-state index in [1.165, 1.54) is 13.1 Å². The van der Waals surface area contributed by atoms with Gasteiger partial charge in [0.1, 0.15) is 11.6 Å². The summed E-state index contributed by atoms with van der Waals surface area (Å²) in [7, 11) is 0. The highest BCUT2D eigenvalue weighted by Gasteiger charge is 2.20. The van der Waals surface area contributed by atoms with E-state index in [4.69, 9.17) is 11.6 Å². The first-order valence-corrected chi connectivity index (χ1v) is 8.99. The summed E-state index contributed by atoms with van der Waals surface area (Å²) in [6.07, 6.45) is 1.40. The first kappa shape index (κ1) is 20.0. The van der Waals surface area contributed by atoms with Crippen molar-refractivity contribution in [1.82, 2.24) is 15.2 Å². The van der Waals surface area contributed by atoms with E-state index in [9.17, 15) is 14.9 Å². The summed E-state index contributed by atoms with van der Waals surface area (Å²) in [5.41, 5.74) is 3.73. The fourth-order valence-electron chi connectivity index (χ4n) is 2.68. The van der Waals surface area contributed by atoms with Crippen LogP contribution in [-0.4, -0.2) is 21.9 Å². The Labute approximate surface area is 171 Å². The van der Waals surface area contributed by atoms with Gasteiger partial charge in [-0.25, -0.2) is 5.43 Å². The molecule has 1 heterocycles. The molecule has 0 saturated carbocycles. The second-order valence-corrected chi connectivity index (χ2v) is 6.64. The van der Waals surface area contributed by atoms with Crippen LogP contribution in [0.2, 0.25) is 5.02 Å². The Kier molecular flexibility index (Phi) is 5.86. The molecule has 0 spiro atoms. The van der Waals surface area contributed by atoms with Crippen LogP contribution in [0, 0.1) is 25.2 Å². The summed E-state index contributed by atoms with van der Waals surface area (Å²) in [5.74, 6) is -0.649. The highest BCUT2D eigenvalue weighted by Crippen LogP contribution is 2.13. The predicted octanol–water partition coefficient (Wildman–Crippen LogP) is 3.14. The Morgan fingerprint density at radius 1 is 1.24 bits per heavy atom. The fourth-order valence-corrected chi connectivity index (χ4v) is 2.86. The van der Waals surface area contributed by atoms with Crippen LogP contribution < -0.4 is 11.0 Å². The van der Waals surface area contributed by atoms with Crippen molar-refractivity contribution in [1.29, 1.82) is 5.26 Å². The maximum atomic E-state index is 12.6. The average molecular weight is 406 g/mol. The van der Waals surface area contributed by atoms with Crippen LogP contribution in [0.4, 0.5) is 0 Å². The third kappa shape index (κ3) is 4.23. The van der Waals surface area contributed by atoms with Crippen LogP contribution in [0.1, 0.15) is 32.7 Å². The number of carbonyl (C=O) groups excluding carboxylic acids is 1. The molecule has 29 heavy (non-hydrogen) atoms. The van der Waals surface area contributed by atoms with Gasteiger partial charge in [0.15, 0.2) is 5.69 Å². The number of hydrogen-bond donors (Lipinski definition) is 1. The largest absolute Gasteiger partial charge is 0.292 e. The lowest BCUT2D eigenvalue weighted by Crippen LogP contribution is -2.31. The van der Waals surface area contributed by atoms with Crippen molar-refractivity contribution in [3.63, 3.8) is 0 Å². The minimum absolute atomic E-state index is 0.0704. The Hall–Kier alpha value is -3.76. The van der Waals surface area contributed by atoms with Crippen LogP contribution in [0.15, 0.2) is 58.4 Å². The van der Waals surface area contributed by atoms with Gasteiger partial charge in [0.2, 0.25) is 0 Å². The molecule has 1 N–H and O–H groups in total. The molecule has 1 aromatic heterocycles. The first-order valence-electron chi connectivity index (χ1n) is 8.61. The zero-order chi connectivity index (χ0) is 21.0. The third-order valence-electron chi connectivity index (χ3n) is 4.18. The normalized spacial score (nSPS) is 10.7. The lowest BCUT2D eigenvalue weighted by Gasteiger charge is -2.11. The smallest absolute Gasteiger partial charge is 0.266 e. The van der Waals surface area contributed by atoms with Gasteiger partial charge in [0.05, 0.1) is 11.9 Å². The van der Waals surface area contributed by atoms with Gasteiger partial charge in [0, 0.05) is 16.1 Å². The number of amides is 1. The molecule has 144 valence electrons. The fraction of sp³-hybridized carbons (Fsp3) is 0.0952. The average Bonchev–Trinajstić information content (AvgIpc) is 2.70. The second-order valence-electron chi connectivity index (χ2n) is 6.24. The number of aryl methyl sites for hydroxylation is 1. The third-order valence-corrected chi connectivity index (χ3v) is 4.53. The molecule has 0 unspecified atom stereocenters. The number of aromatic nitrogens is 2. The number of nitrogens with one attached hydrogen (secondary N) is 1. The zero-order valence-corrected chi connectivity index (χ0v) is 16.4. The maximum absolute atomic E-state index is 12.6. The number of nitriles is 1. The highest BCUT2D eigenvalue weighted by atomic mass is 35.5. The van der Waals surface area contributed by atoms with Gasteiger partial charge < -0.3 is 0 Å². The van der Waals surface area contributed by atoms with Crippen molar-refractivity contribution in [2.45, 2.75) is 13.8 Å². The number of rotatable bonds is 4. The number of carbonyl (C=O) groups is 1. The number of benzene rings is 2. The van der Waals surface area contributed by atoms with Crippen molar-refractivity contribution < 1.29 is 4.79 Å². The Morgan fingerprint density at radius 3 is 2.69 bits per heavy atom. The SMILES string of the molecule is Cc1cccc(-n2nc(C(=O)N/N=C/c3ccccc3Cl)c(C)c(C#N)c2=O)c1. The molecule has 3 rings (SSSR count). The second kappa shape index (κ2) is 8.50. The molecule has 0 radical (unpaired) electrons. The van der Waals surface area contributed by atoms with Gasteiger partial charge >= 0.3 is 0 Å². The Morgan fingerprint density at radius 2 is 2.00 bits per heavy atom. The van der Waals surface area contributed by atoms with Gasteiger partial charge in [-0.2, -0.15) is 20.1 Å². The monoisotopic (exact) mass is 405 g/mol. The van der Waals surface area contributed by atoms with E-state index in [1.54, 1.807) is 42.5 Å². The first-order chi connectivity index (χ1) is 13.9. The van der Waals surface area contributed by atoms with Gasteiger partial charge in [0.25, 0.3) is 11.5 Å². The molecule has 3 aromatic rings. The van der Waals surface area contributed by atoms with Crippen LogP contribution in [-0.2, 0) is 0 Å². The van der Waals surface area contributed by atoms with Crippen LogP contribution in [0.3, 0.4) is 0 Å². The van der Waals surface area contributed by atoms with Crippen LogP contribution >= 0.6 is 11.6 Å². The summed E-state index contributed by atoms with van der Waals surface area (Å²) in [6, 6.07) is 15.9. The predicted molar refractivity (Wildman–Crippen MR) is 111 cm³/mol. The van der Waals surface area contributed by atoms with E-state index in [-0.39, 0.29) is 16.8 Å². The molecule has 0 aliphatic carbocycles. The molecular weight excluding hydrogens is 390 g/mol.